The third-order valence-corrected chi connectivity index (χ3v) is 4.99. The molecule has 0 aromatic heterocycles. The van der Waals surface area contributed by atoms with Crippen molar-refractivity contribution in [2.45, 2.75) is 23.3 Å². The number of hydrogen-bond donors (Lipinski definition) is 1. The molecule has 0 aliphatic carbocycles. The van der Waals surface area contributed by atoms with Crippen molar-refractivity contribution in [2.75, 3.05) is 19.8 Å². The molecule has 1 aromatic carbocycles. The second-order valence-electron chi connectivity index (χ2n) is 5.07. The molecule has 2 atom stereocenters. The molecule has 21 heavy (non-hydrogen) atoms. The van der Waals surface area contributed by atoms with Gasteiger partial charge in [0.1, 0.15) is 18.3 Å². The van der Waals surface area contributed by atoms with E-state index in [-0.39, 0.29) is 23.5 Å². The summed E-state index contributed by atoms with van der Waals surface area (Å²) < 4.78 is 33.4. The zero-order valence-electron chi connectivity index (χ0n) is 11.0. The largest absolute Gasteiger partial charge is 0.492 e. The molecule has 0 radical (unpaired) electrons. The van der Waals surface area contributed by atoms with Gasteiger partial charge in [0.05, 0.1) is 17.5 Å². The number of ether oxygens (including phenoxy) is 2. The standard InChI is InChI=1S/C13H14ClNO5S/c14-21(17,18)9-1-2-12-10(5-9)11(7-20-12)13(16)15-8-3-4-19-6-8/h1-2,5,8,11H,3-4,6-7H2,(H,15,16). The molecular weight excluding hydrogens is 318 g/mol. The Labute approximate surface area is 126 Å². The molecule has 1 N–H and O–H groups in total. The van der Waals surface area contributed by atoms with Crippen LogP contribution >= 0.6 is 10.7 Å². The van der Waals surface area contributed by atoms with Crippen LogP contribution < -0.4 is 10.1 Å². The Morgan fingerprint density at radius 2 is 2.14 bits per heavy atom. The van der Waals surface area contributed by atoms with Crippen molar-refractivity contribution in [2.24, 2.45) is 0 Å². The summed E-state index contributed by atoms with van der Waals surface area (Å²) in [5.41, 5.74) is 0.549. The third-order valence-electron chi connectivity index (χ3n) is 3.64. The monoisotopic (exact) mass is 331 g/mol. The Morgan fingerprint density at radius 1 is 1.33 bits per heavy atom. The molecule has 3 rings (SSSR count). The van der Waals surface area contributed by atoms with Gasteiger partial charge in [-0.1, -0.05) is 0 Å². The molecule has 6 nitrogen and oxygen atoms in total. The van der Waals surface area contributed by atoms with Crippen LogP contribution in [0.25, 0.3) is 0 Å². The lowest BCUT2D eigenvalue weighted by Gasteiger charge is -2.14. The Hall–Kier alpha value is -1.31. The van der Waals surface area contributed by atoms with E-state index in [0.29, 0.717) is 24.5 Å². The van der Waals surface area contributed by atoms with Gasteiger partial charge in [-0.05, 0) is 24.6 Å². The van der Waals surface area contributed by atoms with Crippen LogP contribution in [-0.2, 0) is 18.6 Å². The summed E-state index contributed by atoms with van der Waals surface area (Å²) in [7, 11) is 1.51. The maximum absolute atomic E-state index is 12.3. The van der Waals surface area contributed by atoms with Crippen LogP contribution in [0, 0.1) is 0 Å². The zero-order valence-corrected chi connectivity index (χ0v) is 12.6. The predicted molar refractivity (Wildman–Crippen MR) is 75.1 cm³/mol. The first-order valence-corrected chi connectivity index (χ1v) is 8.85. The number of hydrogen-bond acceptors (Lipinski definition) is 5. The van der Waals surface area contributed by atoms with Crippen LogP contribution in [0.5, 0.6) is 5.75 Å². The number of carbonyl (C=O) groups is 1. The summed E-state index contributed by atoms with van der Waals surface area (Å²) in [5.74, 6) is -0.200. The van der Waals surface area contributed by atoms with E-state index in [0.717, 1.165) is 6.42 Å². The third kappa shape index (κ3) is 3.00. The number of benzene rings is 1. The Bertz CT molecular complexity index is 669. The number of halogens is 1. The van der Waals surface area contributed by atoms with Crippen molar-refractivity contribution >= 4 is 25.6 Å². The first kappa shape index (κ1) is 14.6. The van der Waals surface area contributed by atoms with Crippen LogP contribution in [0.15, 0.2) is 23.1 Å². The van der Waals surface area contributed by atoms with Crippen LogP contribution in [0.3, 0.4) is 0 Å². The summed E-state index contributed by atoms with van der Waals surface area (Å²) in [4.78, 5) is 12.3. The second-order valence-corrected chi connectivity index (χ2v) is 7.64. The van der Waals surface area contributed by atoms with E-state index in [1.807, 2.05) is 0 Å². The minimum absolute atomic E-state index is 0.00138. The molecule has 2 unspecified atom stereocenters. The van der Waals surface area contributed by atoms with E-state index < -0.39 is 15.0 Å². The molecule has 0 saturated carbocycles. The number of carbonyl (C=O) groups excluding carboxylic acids is 1. The van der Waals surface area contributed by atoms with Gasteiger partial charge in [0, 0.05) is 22.9 Å². The summed E-state index contributed by atoms with van der Waals surface area (Å²) in [6.45, 7) is 1.33. The highest BCUT2D eigenvalue weighted by atomic mass is 35.7. The quantitative estimate of drug-likeness (QED) is 0.835. The van der Waals surface area contributed by atoms with Crippen molar-refractivity contribution in [3.05, 3.63) is 23.8 Å². The van der Waals surface area contributed by atoms with Crippen molar-refractivity contribution in [3.63, 3.8) is 0 Å². The lowest BCUT2D eigenvalue weighted by Crippen LogP contribution is -2.38. The van der Waals surface area contributed by atoms with Crippen LogP contribution in [0.1, 0.15) is 17.9 Å². The second kappa shape index (κ2) is 5.47. The summed E-state index contributed by atoms with van der Waals surface area (Å²) >= 11 is 0. The van der Waals surface area contributed by atoms with E-state index in [1.54, 1.807) is 0 Å². The van der Waals surface area contributed by atoms with Crippen molar-refractivity contribution in [3.8, 4) is 5.75 Å². The minimum atomic E-state index is -3.83. The van der Waals surface area contributed by atoms with E-state index in [9.17, 15) is 13.2 Å². The van der Waals surface area contributed by atoms with Gasteiger partial charge in [-0.3, -0.25) is 4.79 Å². The zero-order chi connectivity index (χ0) is 15.0. The molecule has 2 heterocycles. The molecular formula is C13H14ClNO5S. The fourth-order valence-corrected chi connectivity index (χ4v) is 3.30. The Morgan fingerprint density at radius 3 is 2.81 bits per heavy atom. The maximum Gasteiger partial charge on any atom is 0.261 e. The van der Waals surface area contributed by atoms with Gasteiger partial charge in [-0.25, -0.2) is 8.42 Å². The van der Waals surface area contributed by atoms with E-state index in [4.69, 9.17) is 20.2 Å². The fraction of sp³-hybridized carbons (Fsp3) is 0.462. The Kier molecular flexibility index (Phi) is 3.81. The Balaban J connectivity index is 1.83. The first-order valence-electron chi connectivity index (χ1n) is 6.54. The molecule has 1 saturated heterocycles. The molecule has 1 fully saturated rings. The molecule has 1 amide bonds. The highest BCUT2D eigenvalue weighted by molar-refractivity contribution is 8.13. The highest BCUT2D eigenvalue weighted by Crippen LogP contribution is 2.36. The predicted octanol–water partition coefficient (Wildman–Crippen LogP) is 0.995. The van der Waals surface area contributed by atoms with Gasteiger partial charge in [0.2, 0.25) is 5.91 Å². The lowest BCUT2D eigenvalue weighted by atomic mass is 10.00. The molecule has 2 aliphatic heterocycles. The molecule has 114 valence electrons. The summed E-state index contributed by atoms with van der Waals surface area (Å²) in [6, 6.07) is 4.30. The van der Waals surface area contributed by atoms with Crippen LogP contribution in [0.4, 0.5) is 0 Å². The smallest absolute Gasteiger partial charge is 0.261 e. The molecule has 2 aliphatic rings. The van der Waals surface area contributed by atoms with Crippen LogP contribution in [0.2, 0.25) is 0 Å². The van der Waals surface area contributed by atoms with Crippen molar-refractivity contribution in [1.82, 2.24) is 5.32 Å². The van der Waals surface area contributed by atoms with Gasteiger partial charge in [0.15, 0.2) is 0 Å². The maximum atomic E-state index is 12.3. The van der Waals surface area contributed by atoms with E-state index in [1.165, 1.54) is 18.2 Å². The van der Waals surface area contributed by atoms with Gasteiger partial charge in [-0.2, -0.15) is 0 Å². The SMILES string of the molecule is O=C(NC1CCOC1)C1COc2ccc(S(=O)(=O)Cl)cc21. The number of amides is 1. The molecule has 8 heteroatoms. The average molecular weight is 332 g/mol. The van der Waals surface area contributed by atoms with E-state index >= 15 is 0 Å². The van der Waals surface area contributed by atoms with Gasteiger partial charge in [0.25, 0.3) is 9.05 Å². The number of rotatable bonds is 3. The topological polar surface area (TPSA) is 81.7 Å². The first-order chi connectivity index (χ1) is 9.95. The summed E-state index contributed by atoms with van der Waals surface area (Å²) in [5, 5.41) is 2.89. The van der Waals surface area contributed by atoms with Gasteiger partial charge < -0.3 is 14.8 Å². The normalized spacial score (nSPS) is 24.4. The molecule has 0 spiro atoms. The minimum Gasteiger partial charge on any atom is -0.492 e. The van der Waals surface area contributed by atoms with Gasteiger partial charge >= 0.3 is 0 Å². The lowest BCUT2D eigenvalue weighted by molar-refractivity contribution is -0.123. The fourth-order valence-electron chi connectivity index (χ4n) is 2.51. The number of nitrogens with one attached hydrogen (secondary N) is 1. The van der Waals surface area contributed by atoms with Crippen LogP contribution in [-0.4, -0.2) is 40.2 Å². The van der Waals surface area contributed by atoms with Crippen molar-refractivity contribution < 1.29 is 22.7 Å². The molecule has 0 bridgehead atoms. The van der Waals surface area contributed by atoms with Gasteiger partial charge in [-0.15, -0.1) is 0 Å². The van der Waals surface area contributed by atoms with E-state index in [2.05, 4.69) is 5.32 Å². The molecule has 1 aromatic rings. The number of fused-ring (bicyclic) bond motifs is 1. The highest BCUT2D eigenvalue weighted by Gasteiger charge is 2.33. The van der Waals surface area contributed by atoms with Crippen molar-refractivity contribution in [1.29, 1.82) is 0 Å². The average Bonchev–Trinajstić information content (AvgIpc) is 3.05. The summed E-state index contributed by atoms with van der Waals surface area (Å²) in [6.07, 6.45) is 0.780.